The van der Waals surface area contributed by atoms with Gasteiger partial charge in [0.25, 0.3) is 0 Å². The first kappa shape index (κ1) is 17.8. The summed E-state index contributed by atoms with van der Waals surface area (Å²) < 4.78 is 4.44. The summed E-state index contributed by atoms with van der Waals surface area (Å²) in [6, 6.07) is 0. The SMILES string of the molecule is C=C(C)C(=O)O.COCCO.[Ti]. The topological polar surface area (TPSA) is 66.8 Å². The first-order chi connectivity index (χ1) is 5.06. The number of aliphatic hydroxyl groups is 1. The number of carboxylic acids is 1. The summed E-state index contributed by atoms with van der Waals surface area (Å²) in [5.74, 6) is -0.935. The molecular formula is C7H14O4Ti. The van der Waals surface area contributed by atoms with Gasteiger partial charge in [0.2, 0.25) is 0 Å². The van der Waals surface area contributed by atoms with E-state index < -0.39 is 5.97 Å². The summed E-state index contributed by atoms with van der Waals surface area (Å²) in [4.78, 5) is 9.60. The molecule has 2 N–H and O–H groups in total. The number of carboxylic acid groups (broad SMARTS) is 1. The van der Waals surface area contributed by atoms with E-state index in [0.717, 1.165) is 0 Å². The molecule has 5 heteroatoms. The Morgan fingerprint density at radius 1 is 1.58 bits per heavy atom. The van der Waals surface area contributed by atoms with Gasteiger partial charge < -0.3 is 14.9 Å². The van der Waals surface area contributed by atoms with Crippen molar-refractivity contribution in [2.24, 2.45) is 0 Å². The first-order valence-electron chi connectivity index (χ1n) is 3.04. The van der Waals surface area contributed by atoms with Crippen LogP contribution in [0.5, 0.6) is 0 Å². The number of hydrogen-bond donors (Lipinski definition) is 2. The number of carbonyl (C=O) groups is 1. The summed E-state index contributed by atoms with van der Waals surface area (Å²) in [5.41, 5.74) is 0.176. The van der Waals surface area contributed by atoms with Gasteiger partial charge in [0.05, 0.1) is 13.2 Å². The van der Waals surface area contributed by atoms with Gasteiger partial charge in [0.15, 0.2) is 0 Å². The Labute approximate surface area is 87.1 Å². The van der Waals surface area contributed by atoms with Crippen molar-refractivity contribution >= 4 is 5.97 Å². The van der Waals surface area contributed by atoms with Crippen molar-refractivity contribution in [1.82, 2.24) is 0 Å². The van der Waals surface area contributed by atoms with Crippen LogP contribution in [0.25, 0.3) is 0 Å². The summed E-state index contributed by atoms with van der Waals surface area (Å²) in [6.45, 7) is 5.17. The molecule has 0 aliphatic carbocycles. The van der Waals surface area contributed by atoms with Crippen LogP contribution < -0.4 is 0 Å². The smallest absolute Gasteiger partial charge is 0.330 e. The van der Waals surface area contributed by atoms with Crippen molar-refractivity contribution in [1.29, 1.82) is 0 Å². The average molecular weight is 210 g/mol. The van der Waals surface area contributed by atoms with Crippen LogP contribution in [0.15, 0.2) is 12.2 Å². The van der Waals surface area contributed by atoms with Crippen molar-refractivity contribution in [3.63, 3.8) is 0 Å². The zero-order chi connectivity index (χ0) is 9.28. The van der Waals surface area contributed by atoms with Gasteiger partial charge in [-0.2, -0.15) is 0 Å². The van der Waals surface area contributed by atoms with Gasteiger partial charge in [-0.25, -0.2) is 4.79 Å². The molecule has 0 bridgehead atoms. The third-order valence-electron chi connectivity index (χ3n) is 0.661. The monoisotopic (exact) mass is 210 g/mol. The Hall–Kier alpha value is -0.156. The van der Waals surface area contributed by atoms with Gasteiger partial charge in [-0.15, -0.1) is 0 Å². The molecule has 0 fully saturated rings. The zero-order valence-electron chi connectivity index (χ0n) is 7.33. The molecule has 0 radical (unpaired) electrons. The predicted octanol–water partition coefficient (Wildman–Crippen LogP) is 0.270. The number of rotatable bonds is 3. The Morgan fingerprint density at radius 2 is 1.92 bits per heavy atom. The van der Waals surface area contributed by atoms with E-state index in [1.165, 1.54) is 6.92 Å². The summed E-state index contributed by atoms with van der Waals surface area (Å²) in [7, 11) is 1.55. The van der Waals surface area contributed by atoms with Crippen LogP contribution in [-0.2, 0) is 31.2 Å². The average Bonchev–Trinajstić information content (AvgIpc) is 1.90. The molecule has 0 unspecified atom stereocenters. The number of aliphatic hydroxyl groups excluding tert-OH is 1. The van der Waals surface area contributed by atoms with E-state index in [0.29, 0.717) is 6.61 Å². The van der Waals surface area contributed by atoms with Crippen LogP contribution in [0.1, 0.15) is 6.92 Å². The van der Waals surface area contributed by atoms with Gasteiger partial charge in [-0.1, -0.05) is 6.58 Å². The first-order valence-corrected chi connectivity index (χ1v) is 3.04. The molecule has 0 spiro atoms. The number of methoxy groups -OCH3 is 1. The van der Waals surface area contributed by atoms with Crippen molar-refractivity contribution < 1.29 is 41.5 Å². The van der Waals surface area contributed by atoms with Crippen LogP contribution in [-0.4, -0.2) is 36.5 Å². The standard InChI is InChI=1S/C4H6O2.C3H8O2.Ti/c1-3(2)4(5)6;1-5-3-2-4;/h1H2,2H3,(H,5,6);4H,2-3H2,1H3;. The molecule has 0 saturated heterocycles. The fourth-order valence-electron chi connectivity index (χ4n) is 0.0913. The molecule has 0 aromatic heterocycles. The second-order valence-electron chi connectivity index (χ2n) is 1.80. The van der Waals surface area contributed by atoms with Crippen LogP contribution in [0, 0.1) is 0 Å². The molecule has 0 aromatic rings. The van der Waals surface area contributed by atoms with E-state index >= 15 is 0 Å². The zero-order valence-corrected chi connectivity index (χ0v) is 8.89. The van der Waals surface area contributed by atoms with Gasteiger partial charge in [0.1, 0.15) is 0 Å². The largest absolute Gasteiger partial charge is 0.478 e. The molecule has 4 nitrogen and oxygen atoms in total. The van der Waals surface area contributed by atoms with Crippen LogP contribution in [0.4, 0.5) is 0 Å². The Morgan fingerprint density at radius 3 is 1.92 bits per heavy atom. The fourth-order valence-corrected chi connectivity index (χ4v) is 0.0913. The minimum atomic E-state index is -0.935. The summed E-state index contributed by atoms with van der Waals surface area (Å²) in [5, 5.41) is 15.8. The van der Waals surface area contributed by atoms with Crippen molar-refractivity contribution in [3.8, 4) is 0 Å². The molecule has 0 saturated carbocycles. The van der Waals surface area contributed by atoms with E-state index in [4.69, 9.17) is 10.2 Å². The normalized spacial score (nSPS) is 7.25. The molecule has 0 heterocycles. The van der Waals surface area contributed by atoms with E-state index in [-0.39, 0.29) is 33.9 Å². The molecule has 0 atom stereocenters. The quantitative estimate of drug-likeness (QED) is 0.518. The third-order valence-corrected chi connectivity index (χ3v) is 0.661. The van der Waals surface area contributed by atoms with Crippen molar-refractivity contribution in [2.75, 3.05) is 20.3 Å². The molecule has 12 heavy (non-hydrogen) atoms. The Kier molecular flexibility index (Phi) is 19.9. The molecule has 0 aliphatic rings. The van der Waals surface area contributed by atoms with Gasteiger partial charge >= 0.3 is 5.97 Å². The maximum absolute atomic E-state index is 9.60. The van der Waals surface area contributed by atoms with Gasteiger partial charge in [-0.3, -0.25) is 0 Å². The Bertz CT molecular complexity index is 111. The minimum absolute atomic E-state index is 0. The van der Waals surface area contributed by atoms with Gasteiger partial charge in [0, 0.05) is 34.4 Å². The molecule has 0 aromatic carbocycles. The van der Waals surface area contributed by atoms with E-state index in [2.05, 4.69) is 11.3 Å². The van der Waals surface area contributed by atoms with Gasteiger partial charge in [-0.05, 0) is 6.92 Å². The molecule has 70 valence electrons. The van der Waals surface area contributed by atoms with E-state index in [9.17, 15) is 4.79 Å². The molecule has 0 amide bonds. The predicted molar refractivity (Wildman–Crippen MR) is 41.4 cm³/mol. The summed E-state index contributed by atoms with van der Waals surface area (Å²) >= 11 is 0. The maximum Gasteiger partial charge on any atom is 0.330 e. The van der Waals surface area contributed by atoms with E-state index in [1.54, 1.807) is 7.11 Å². The second-order valence-corrected chi connectivity index (χ2v) is 1.80. The molecule has 0 rings (SSSR count). The van der Waals surface area contributed by atoms with Crippen LogP contribution in [0.3, 0.4) is 0 Å². The maximum atomic E-state index is 9.60. The summed E-state index contributed by atoms with van der Waals surface area (Å²) in [6.07, 6.45) is 0. The minimum Gasteiger partial charge on any atom is -0.478 e. The number of ether oxygens (including phenoxy) is 1. The third kappa shape index (κ3) is 22.5. The molecular weight excluding hydrogens is 196 g/mol. The van der Waals surface area contributed by atoms with Crippen LogP contribution in [0.2, 0.25) is 0 Å². The fraction of sp³-hybridized carbons (Fsp3) is 0.571. The van der Waals surface area contributed by atoms with Crippen LogP contribution >= 0.6 is 0 Å². The second kappa shape index (κ2) is 13.4. The Balaban J connectivity index is -0.000000126. The molecule has 0 aliphatic heterocycles. The van der Waals surface area contributed by atoms with Crippen molar-refractivity contribution in [2.45, 2.75) is 6.92 Å². The van der Waals surface area contributed by atoms with Crippen molar-refractivity contribution in [3.05, 3.63) is 12.2 Å². The van der Waals surface area contributed by atoms with E-state index in [1.807, 2.05) is 0 Å². The number of aliphatic carboxylic acids is 1. The number of hydrogen-bond acceptors (Lipinski definition) is 3.